The van der Waals surface area contributed by atoms with Crippen LogP contribution in [-0.2, 0) is 5.54 Å². The van der Waals surface area contributed by atoms with Crippen molar-refractivity contribution in [2.24, 2.45) is 4.99 Å². The molecule has 0 saturated heterocycles. The fourth-order valence-corrected chi connectivity index (χ4v) is 3.60. The molecule has 3 heterocycles. The van der Waals surface area contributed by atoms with E-state index in [1.165, 1.54) is 24.4 Å². The van der Waals surface area contributed by atoms with E-state index >= 15 is 0 Å². The zero-order valence-corrected chi connectivity index (χ0v) is 15.1. The van der Waals surface area contributed by atoms with Gasteiger partial charge in [-0.1, -0.05) is 29.8 Å². The van der Waals surface area contributed by atoms with Crippen molar-refractivity contribution < 1.29 is 8.78 Å². The molecule has 136 valence electrons. The van der Waals surface area contributed by atoms with Crippen molar-refractivity contribution in [3.05, 3.63) is 94.5 Å². The van der Waals surface area contributed by atoms with Crippen LogP contribution in [0.5, 0.6) is 0 Å². The molecule has 2 atom stereocenters. The van der Waals surface area contributed by atoms with Crippen molar-refractivity contribution in [2.45, 2.75) is 18.5 Å². The summed E-state index contributed by atoms with van der Waals surface area (Å²) in [6.45, 7) is 1.94. The summed E-state index contributed by atoms with van der Waals surface area (Å²) in [6, 6.07) is 12.4. The molecule has 3 aromatic rings. The van der Waals surface area contributed by atoms with Gasteiger partial charge in [-0.05, 0) is 42.8 Å². The van der Waals surface area contributed by atoms with Crippen LogP contribution in [0.25, 0.3) is 0 Å². The molecule has 27 heavy (non-hydrogen) atoms. The second kappa shape index (κ2) is 6.70. The fraction of sp³-hybridized carbons (Fsp3) is 0.150. The highest BCUT2D eigenvalue weighted by atomic mass is 35.5. The monoisotopic (exact) mass is 384 g/mol. The third kappa shape index (κ3) is 3.06. The molecule has 1 aliphatic heterocycles. The van der Waals surface area contributed by atoms with Crippen LogP contribution < -0.4 is 5.32 Å². The molecule has 0 bridgehead atoms. The zero-order valence-electron chi connectivity index (χ0n) is 14.3. The minimum atomic E-state index is -0.820. The molecule has 0 aliphatic carbocycles. The molecule has 0 spiro atoms. The third-order valence-electron chi connectivity index (χ3n) is 4.75. The standard InChI is InChI=1S/C20H15ClF2N4/c1-12-20(14-2-5-16(22)6-3-14,15-4-7-18(23)25-11-15)27-19(26-12)13-8-9-24-17(21)10-13/h2-12H,1H3,(H,26,27)/t12-,20-/m0/s1. The number of rotatable bonds is 3. The summed E-state index contributed by atoms with van der Waals surface area (Å²) in [6.07, 6.45) is 3.07. The third-order valence-corrected chi connectivity index (χ3v) is 4.95. The van der Waals surface area contributed by atoms with E-state index in [1.807, 2.05) is 6.92 Å². The second-order valence-corrected chi connectivity index (χ2v) is 6.72. The van der Waals surface area contributed by atoms with Gasteiger partial charge in [-0.2, -0.15) is 4.39 Å². The minimum Gasteiger partial charge on any atom is -0.354 e. The zero-order chi connectivity index (χ0) is 19.0. The molecule has 1 N–H and O–H groups in total. The van der Waals surface area contributed by atoms with Gasteiger partial charge in [0.2, 0.25) is 5.95 Å². The van der Waals surface area contributed by atoms with Crippen LogP contribution in [0, 0.1) is 11.8 Å². The van der Waals surface area contributed by atoms with Crippen LogP contribution in [0.2, 0.25) is 5.15 Å². The van der Waals surface area contributed by atoms with Gasteiger partial charge in [-0.15, -0.1) is 0 Å². The largest absolute Gasteiger partial charge is 0.354 e. The first-order valence-corrected chi connectivity index (χ1v) is 8.73. The Morgan fingerprint density at radius 1 is 1.00 bits per heavy atom. The molecular weight excluding hydrogens is 370 g/mol. The van der Waals surface area contributed by atoms with Crippen LogP contribution in [0.4, 0.5) is 8.78 Å². The number of halogens is 3. The fourth-order valence-electron chi connectivity index (χ4n) is 3.43. The molecule has 1 aromatic carbocycles. The highest BCUT2D eigenvalue weighted by Crippen LogP contribution is 2.38. The van der Waals surface area contributed by atoms with Crippen molar-refractivity contribution in [2.75, 3.05) is 0 Å². The maximum atomic E-state index is 13.5. The quantitative estimate of drug-likeness (QED) is 0.692. The van der Waals surface area contributed by atoms with Crippen LogP contribution >= 0.6 is 11.6 Å². The number of hydrogen-bond donors (Lipinski definition) is 1. The topological polar surface area (TPSA) is 50.2 Å². The first-order chi connectivity index (χ1) is 13.0. The van der Waals surface area contributed by atoms with Crippen LogP contribution in [0.1, 0.15) is 23.6 Å². The number of nitrogens with one attached hydrogen (secondary N) is 1. The van der Waals surface area contributed by atoms with E-state index in [-0.39, 0.29) is 11.9 Å². The second-order valence-electron chi connectivity index (χ2n) is 6.33. The summed E-state index contributed by atoms with van der Waals surface area (Å²) in [5.74, 6) is -0.278. The van der Waals surface area contributed by atoms with Crippen molar-refractivity contribution in [3.63, 3.8) is 0 Å². The predicted molar refractivity (Wildman–Crippen MR) is 99.8 cm³/mol. The lowest BCUT2D eigenvalue weighted by Gasteiger charge is -2.34. The maximum Gasteiger partial charge on any atom is 0.212 e. The maximum absolute atomic E-state index is 13.5. The predicted octanol–water partition coefficient (Wildman–Crippen LogP) is 4.09. The lowest BCUT2D eigenvalue weighted by atomic mass is 9.79. The van der Waals surface area contributed by atoms with E-state index in [0.717, 1.165) is 16.7 Å². The van der Waals surface area contributed by atoms with E-state index < -0.39 is 11.5 Å². The SMILES string of the molecule is C[C@@H]1N=C(c2ccnc(Cl)c2)N[C@@]1(c1ccc(F)cc1)c1ccc(F)nc1. The van der Waals surface area contributed by atoms with E-state index in [9.17, 15) is 8.78 Å². The number of aromatic nitrogens is 2. The molecule has 2 aromatic heterocycles. The molecule has 0 amide bonds. The highest BCUT2D eigenvalue weighted by Gasteiger charge is 2.45. The minimum absolute atomic E-state index is 0.267. The van der Waals surface area contributed by atoms with Gasteiger partial charge >= 0.3 is 0 Å². The van der Waals surface area contributed by atoms with E-state index in [0.29, 0.717) is 11.0 Å². The molecule has 0 radical (unpaired) electrons. The Hall–Kier alpha value is -2.86. The first-order valence-electron chi connectivity index (χ1n) is 8.35. The van der Waals surface area contributed by atoms with Gasteiger partial charge in [-0.3, -0.25) is 4.99 Å². The van der Waals surface area contributed by atoms with Gasteiger partial charge < -0.3 is 5.32 Å². The Bertz CT molecular complexity index is 958. The smallest absolute Gasteiger partial charge is 0.212 e. The molecule has 0 fully saturated rings. The summed E-state index contributed by atoms with van der Waals surface area (Å²) < 4.78 is 26.9. The number of nitrogens with zero attached hydrogens (tertiary/aromatic N) is 3. The Morgan fingerprint density at radius 3 is 2.41 bits per heavy atom. The summed E-state index contributed by atoms with van der Waals surface area (Å²) in [5.41, 5.74) is 1.48. The summed E-state index contributed by atoms with van der Waals surface area (Å²) in [5, 5.41) is 3.80. The molecule has 4 nitrogen and oxygen atoms in total. The molecule has 1 aliphatic rings. The van der Waals surface area contributed by atoms with E-state index in [2.05, 4.69) is 15.3 Å². The Morgan fingerprint density at radius 2 is 1.74 bits per heavy atom. The van der Waals surface area contributed by atoms with Gasteiger partial charge in [0.15, 0.2) is 0 Å². The highest BCUT2D eigenvalue weighted by molar-refractivity contribution is 6.29. The number of pyridine rings is 2. The molecule has 0 unspecified atom stereocenters. The van der Waals surface area contributed by atoms with Gasteiger partial charge in [0.25, 0.3) is 0 Å². The Labute approximate surface area is 160 Å². The van der Waals surface area contributed by atoms with Crippen molar-refractivity contribution in [1.29, 1.82) is 0 Å². The van der Waals surface area contributed by atoms with E-state index in [1.54, 1.807) is 36.5 Å². The normalized spacial score (nSPS) is 21.6. The van der Waals surface area contributed by atoms with Gasteiger partial charge in [0.1, 0.15) is 22.3 Å². The van der Waals surface area contributed by atoms with Crippen molar-refractivity contribution in [1.82, 2.24) is 15.3 Å². The number of amidine groups is 1. The molecule has 7 heteroatoms. The summed E-state index contributed by atoms with van der Waals surface area (Å²) >= 11 is 6.01. The first kappa shape index (κ1) is 17.5. The Balaban J connectivity index is 1.85. The summed E-state index contributed by atoms with van der Waals surface area (Å²) in [4.78, 5) is 12.5. The average molecular weight is 385 g/mol. The molecule has 0 saturated carbocycles. The average Bonchev–Trinajstić information content (AvgIpc) is 3.01. The Kier molecular flexibility index (Phi) is 4.36. The number of aliphatic imine (C=N–C) groups is 1. The van der Waals surface area contributed by atoms with Crippen molar-refractivity contribution >= 4 is 17.4 Å². The van der Waals surface area contributed by atoms with Gasteiger partial charge in [-0.25, -0.2) is 14.4 Å². The molecule has 4 rings (SSSR count). The number of benzene rings is 1. The molecular formula is C20H15ClF2N4. The van der Waals surface area contributed by atoms with Crippen LogP contribution in [-0.4, -0.2) is 21.8 Å². The van der Waals surface area contributed by atoms with Gasteiger partial charge in [0, 0.05) is 23.5 Å². The lowest BCUT2D eigenvalue weighted by Crippen LogP contribution is -2.48. The van der Waals surface area contributed by atoms with Crippen LogP contribution in [0.15, 0.2) is 65.9 Å². The van der Waals surface area contributed by atoms with Gasteiger partial charge in [0.05, 0.1) is 6.04 Å². The van der Waals surface area contributed by atoms with Crippen molar-refractivity contribution in [3.8, 4) is 0 Å². The van der Waals surface area contributed by atoms with E-state index in [4.69, 9.17) is 16.6 Å². The number of hydrogen-bond acceptors (Lipinski definition) is 4. The summed E-state index contributed by atoms with van der Waals surface area (Å²) in [7, 11) is 0. The lowest BCUT2D eigenvalue weighted by molar-refractivity contribution is 0.430. The van der Waals surface area contributed by atoms with Crippen LogP contribution in [0.3, 0.4) is 0 Å².